The van der Waals surface area contributed by atoms with Gasteiger partial charge in [0.15, 0.2) is 0 Å². The van der Waals surface area contributed by atoms with Gasteiger partial charge in [-0.25, -0.2) is 0 Å². The normalized spacial score (nSPS) is 16.6. The Hall–Kier alpha value is -0.590. The van der Waals surface area contributed by atoms with Crippen molar-refractivity contribution in [2.75, 3.05) is 17.8 Å². The number of halogens is 1. The van der Waals surface area contributed by atoms with Crippen LogP contribution in [0.15, 0.2) is 28.7 Å². The first kappa shape index (κ1) is 9.95. The molecule has 6 heteroatoms. The molecule has 0 spiro atoms. The van der Waals surface area contributed by atoms with Crippen molar-refractivity contribution < 1.29 is 8.42 Å². The van der Waals surface area contributed by atoms with Gasteiger partial charge in [-0.2, -0.15) is 12.7 Å². The summed E-state index contributed by atoms with van der Waals surface area (Å²) in [5, 5.41) is 0. The molecule has 0 radical (unpaired) electrons. The lowest BCUT2D eigenvalue weighted by molar-refractivity contribution is 0.569. The highest BCUT2D eigenvalue weighted by Gasteiger charge is 2.31. The Kier molecular flexibility index (Phi) is 2.50. The van der Waals surface area contributed by atoms with Crippen LogP contribution < -0.4 is 4.72 Å². The van der Waals surface area contributed by atoms with E-state index in [4.69, 9.17) is 0 Å². The summed E-state index contributed by atoms with van der Waals surface area (Å²) >= 11 is 3.27. The Bertz CT molecular complexity index is 442. The summed E-state index contributed by atoms with van der Waals surface area (Å²) in [4.78, 5) is 0. The van der Waals surface area contributed by atoms with E-state index in [2.05, 4.69) is 20.7 Å². The minimum atomic E-state index is -3.31. The van der Waals surface area contributed by atoms with Crippen LogP contribution in [-0.2, 0) is 10.2 Å². The molecule has 14 heavy (non-hydrogen) atoms. The average Bonchev–Trinajstić information content (AvgIpc) is 2.91. The van der Waals surface area contributed by atoms with Crippen molar-refractivity contribution in [3.63, 3.8) is 0 Å². The predicted molar refractivity (Wildman–Crippen MR) is 58.3 cm³/mol. The number of hydrogen-bond donors (Lipinski definition) is 1. The number of rotatable bonds is 3. The quantitative estimate of drug-likeness (QED) is 0.849. The molecule has 0 unspecified atom stereocenters. The highest BCUT2D eigenvalue weighted by molar-refractivity contribution is 9.10. The molecule has 1 aliphatic heterocycles. The van der Waals surface area contributed by atoms with Crippen molar-refractivity contribution in [2.24, 2.45) is 0 Å². The van der Waals surface area contributed by atoms with Gasteiger partial charge >= 0.3 is 10.2 Å². The topological polar surface area (TPSA) is 49.2 Å². The molecular formula is C8H9BrN2O2S. The van der Waals surface area contributed by atoms with Gasteiger partial charge in [0.05, 0.1) is 5.69 Å². The van der Waals surface area contributed by atoms with Gasteiger partial charge < -0.3 is 0 Å². The third kappa shape index (κ3) is 2.08. The van der Waals surface area contributed by atoms with Crippen molar-refractivity contribution in [1.82, 2.24) is 4.31 Å². The summed E-state index contributed by atoms with van der Waals surface area (Å²) < 4.78 is 27.6. The Balaban J connectivity index is 2.22. The number of nitrogens with one attached hydrogen (secondary N) is 1. The van der Waals surface area contributed by atoms with Crippen LogP contribution in [0, 0.1) is 0 Å². The molecule has 0 atom stereocenters. The Morgan fingerprint density at radius 2 is 1.93 bits per heavy atom. The van der Waals surface area contributed by atoms with Gasteiger partial charge in [0.1, 0.15) is 0 Å². The van der Waals surface area contributed by atoms with E-state index in [0.29, 0.717) is 18.8 Å². The molecule has 1 aromatic rings. The van der Waals surface area contributed by atoms with Crippen molar-refractivity contribution in [3.8, 4) is 0 Å². The molecule has 0 aliphatic carbocycles. The fourth-order valence-electron chi connectivity index (χ4n) is 1.03. The molecule has 0 saturated carbocycles. The van der Waals surface area contributed by atoms with E-state index < -0.39 is 10.2 Å². The van der Waals surface area contributed by atoms with Crippen LogP contribution in [0.3, 0.4) is 0 Å². The highest BCUT2D eigenvalue weighted by atomic mass is 79.9. The number of benzene rings is 1. The van der Waals surface area contributed by atoms with Crippen molar-refractivity contribution in [1.29, 1.82) is 0 Å². The number of nitrogens with zero attached hydrogens (tertiary/aromatic N) is 1. The second-order valence-electron chi connectivity index (χ2n) is 2.99. The van der Waals surface area contributed by atoms with Crippen LogP contribution in [-0.4, -0.2) is 25.8 Å². The third-order valence-corrected chi connectivity index (χ3v) is 4.07. The van der Waals surface area contributed by atoms with Gasteiger partial charge in [-0.05, 0) is 28.1 Å². The summed E-state index contributed by atoms with van der Waals surface area (Å²) in [7, 11) is -3.31. The smallest absolute Gasteiger partial charge is 0.270 e. The molecule has 76 valence electrons. The standard InChI is InChI=1S/C8H9BrN2O2S/c9-7-3-1-2-4-8(7)10-14(12,13)11-5-6-11/h1-4,10H,5-6H2. The lowest BCUT2D eigenvalue weighted by atomic mass is 10.3. The van der Waals surface area contributed by atoms with Gasteiger partial charge in [0.2, 0.25) is 0 Å². The molecule has 0 bridgehead atoms. The summed E-state index contributed by atoms with van der Waals surface area (Å²) in [5.41, 5.74) is 0.569. The summed E-state index contributed by atoms with van der Waals surface area (Å²) in [6.45, 7) is 1.22. The zero-order valence-electron chi connectivity index (χ0n) is 7.27. The molecule has 1 saturated heterocycles. The van der Waals surface area contributed by atoms with E-state index in [9.17, 15) is 8.42 Å². The average molecular weight is 277 g/mol. The van der Waals surface area contributed by atoms with Crippen molar-refractivity contribution in [2.45, 2.75) is 0 Å². The van der Waals surface area contributed by atoms with Gasteiger partial charge in [0, 0.05) is 17.6 Å². The Morgan fingerprint density at radius 1 is 1.29 bits per heavy atom. The van der Waals surface area contributed by atoms with Crippen LogP contribution in [0.4, 0.5) is 5.69 Å². The first-order valence-corrected chi connectivity index (χ1v) is 6.35. The first-order valence-electron chi connectivity index (χ1n) is 4.12. The molecule has 4 nitrogen and oxygen atoms in total. The zero-order chi connectivity index (χ0) is 10.2. The Morgan fingerprint density at radius 3 is 2.50 bits per heavy atom. The molecule has 0 aromatic heterocycles. The summed E-state index contributed by atoms with van der Waals surface area (Å²) in [6.07, 6.45) is 0. The zero-order valence-corrected chi connectivity index (χ0v) is 9.68. The Labute approximate surface area is 91.2 Å². The molecular weight excluding hydrogens is 268 g/mol. The van der Waals surface area contributed by atoms with Crippen LogP contribution in [0.1, 0.15) is 0 Å². The number of hydrogen-bond acceptors (Lipinski definition) is 2. The third-order valence-electron chi connectivity index (χ3n) is 1.86. The number of anilines is 1. The van der Waals surface area contributed by atoms with Crippen molar-refractivity contribution in [3.05, 3.63) is 28.7 Å². The largest absolute Gasteiger partial charge is 0.301 e. The van der Waals surface area contributed by atoms with Gasteiger partial charge in [0.25, 0.3) is 0 Å². The lowest BCUT2D eigenvalue weighted by Gasteiger charge is -2.08. The second kappa shape index (κ2) is 3.52. The van der Waals surface area contributed by atoms with Crippen LogP contribution in [0.5, 0.6) is 0 Å². The first-order chi connectivity index (χ1) is 6.59. The number of para-hydroxylation sites is 1. The van der Waals surface area contributed by atoms with E-state index in [0.717, 1.165) is 4.47 Å². The van der Waals surface area contributed by atoms with Crippen LogP contribution >= 0.6 is 15.9 Å². The molecule has 1 heterocycles. The molecule has 1 fully saturated rings. The molecule has 1 aromatic carbocycles. The maximum absolute atomic E-state index is 11.5. The minimum absolute atomic E-state index is 0.569. The molecule has 1 aliphatic rings. The van der Waals surface area contributed by atoms with Gasteiger partial charge in [-0.15, -0.1) is 0 Å². The lowest BCUT2D eigenvalue weighted by Crippen LogP contribution is -2.21. The monoisotopic (exact) mass is 276 g/mol. The van der Waals surface area contributed by atoms with E-state index in [1.165, 1.54) is 4.31 Å². The van der Waals surface area contributed by atoms with Crippen LogP contribution in [0.2, 0.25) is 0 Å². The van der Waals surface area contributed by atoms with E-state index in [1.54, 1.807) is 18.2 Å². The fourth-order valence-corrected chi connectivity index (χ4v) is 2.69. The summed E-state index contributed by atoms with van der Waals surface area (Å²) in [6, 6.07) is 7.12. The van der Waals surface area contributed by atoms with Gasteiger partial charge in [-0.1, -0.05) is 12.1 Å². The second-order valence-corrected chi connectivity index (χ2v) is 5.51. The van der Waals surface area contributed by atoms with Crippen molar-refractivity contribution >= 4 is 31.8 Å². The van der Waals surface area contributed by atoms with E-state index >= 15 is 0 Å². The van der Waals surface area contributed by atoms with Gasteiger partial charge in [-0.3, -0.25) is 4.72 Å². The molecule has 0 amide bonds. The van der Waals surface area contributed by atoms with Crippen LogP contribution in [0.25, 0.3) is 0 Å². The SMILES string of the molecule is O=S(=O)(Nc1ccccc1Br)N1CC1. The predicted octanol–water partition coefficient (Wildman–Crippen LogP) is 1.42. The van der Waals surface area contributed by atoms with E-state index in [1.807, 2.05) is 6.07 Å². The highest BCUT2D eigenvalue weighted by Crippen LogP contribution is 2.24. The van der Waals surface area contributed by atoms with E-state index in [-0.39, 0.29) is 0 Å². The molecule has 2 rings (SSSR count). The summed E-state index contributed by atoms with van der Waals surface area (Å²) in [5.74, 6) is 0. The molecule has 1 N–H and O–H groups in total. The maximum atomic E-state index is 11.5. The maximum Gasteiger partial charge on any atom is 0.301 e. The fraction of sp³-hybridized carbons (Fsp3) is 0.250. The minimum Gasteiger partial charge on any atom is -0.270 e.